The van der Waals surface area contributed by atoms with Crippen LogP contribution >= 0.6 is 0 Å². The van der Waals surface area contributed by atoms with Crippen LogP contribution in [0.25, 0.3) is 0 Å². The topological polar surface area (TPSA) is 159 Å². The molecule has 1 saturated heterocycles. The number of hydrogen-bond acceptors (Lipinski definition) is 7. The number of aromatic nitrogens is 2. The van der Waals surface area contributed by atoms with Crippen LogP contribution in [-0.2, 0) is 27.2 Å². The fourth-order valence-electron chi connectivity index (χ4n) is 3.00. The van der Waals surface area contributed by atoms with Crippen molar-refractivity contribution >= 4 is 27.7 Å². The average molecular weight is 421 g/mol. The second kappa shape index (κ2) is 7.64. The first-order chi connectivity index (χ1) is 13.7. The van der Waals surface area contributed by atoms with Gasteiger partial charge >= 0.3 is 6.03 Å². The third-order valence-electron chi connectivity index (χ3n) is 4.49. The number of carbonyl (C=O) groups is 3. The van der Waals surface area contributed by atoms with E-state index in [-0.39, 0.29) is 22.8 Å². The van der Waals surface area contributed by atoms with E-state index in [9.17, 15) is 22.8 Å². The molecule has 0 radical (unpaired) electrons. The molecule has 0 aliphatic carbocycles. The van der Waals surface area contributed by atoms with Crippen LogP contribution in [0.15, 0.2) is 41.6 Å². The molecule has 0 spiro atoms. The number of imide groups is 1. The fraction of sp³-hybridized carbons (Fsp3) is 0.294. The Balaban J connectivity index is 1.79. The molecule has 11 nitrogen and oxygen atoms in total. The third kappa shape index (κ3) is 3.84. The fourth-order valence-corrected chi connectivity index (χ4v) is 4.02. The number of amides is 4. The zero-order chi connectivity index (χ0) is 21.2. The molecule has 1 aliphatic rings. The summed E-state index contributed by atoms with van der Waals surface area (Å²) in [6, 6.07) is 4.46. The number of benzene rings is 1. The minimum Gasteiger partial charge on any atom is -0.395 e. The van der Waals surface area contributed by atoms with E-state index in [1.54, 1.807) is 17.8 Å². The number of hydrogen-bond donors (Lipinski definition) is 4. The molecule has 0 saturated carbocycles. The van der Waals surface area contributed by atoms with Gasteiger partial charge in [-0.2, -0.15) is 0 Å². The van der Waals surface area contributed by atoms with Gasteiger partial charge in [0.05, 0.1) is 23.8 Å². The summed E-state index contributed by atoms with van der Waals surface area (Å²) in [4.78, 5) is 40.7. The first kappa shape index (κ1) is 20.5. The van der Waals surface area contributed by atoms with E-state index in [2.05, 4.69) is 20.9 Å². The van der Waals surface area contributed by atoms with Gasteiger partial charge in [-0.3, -0.25) is 14.9 Å². The Bertz CT molecular complexity index is 1060. The van der Waals surface area contributed by atoms with Gasteiger partial charge in [-0.05, 0) is 24.3 Å². The highest BCUT2D eigenvalue weighted by Gasteiger charge is 2.50. The highest BCUT2D eigenvalue weighted by molar-refractivity contribution is 7.91. The quantitative estimate of drug-likeness (QED) is 0.402. The van der Waals surface area contributed by atoms with Gasteiger partial charge in [-0.1, -0.05) is 0 Å². The summed E-state index contributed by atoms with van der Waals surface area (Å²) in [5.74, 6) is -1.40. The first-order valence-corrected chi connectivity index (χ1v) is 10.2. The molecule has 12 heteroatoms. The van der Waals surface area contributed by atoms with Crippen molar-refractivity contribution in [2.24, 2.45) is 7.05 Å². The SMILES string of the molecule is Cn1ccnc1C1(CNC(=O)c2ccc(S(=O)(=O)CCO)cc2)NC(=O)NC1=O. The van der Waals surface area contributed by atoms with Crippen molar-refractivity contribution in [3.63, 3.8) is 0 Å². The lowest BCUT2D eigenvalue weighted by Gasteiger charge is -2.25. The molecule has 2 heterocycles. The molecule has 29 heavy (non-hydrogen) atoms. The monoisotopic (exact) mass is 421 g/mol. The lowest BCUT2D eigenvalue weighted by molar-refractivity contribution is -0.124. The Morgan fingerprint density at radius 3 is 2.48 bits per heavy atom. The number of imidazole rings is 1. The Labute approximate surface area is 166 Å². The number of aryl methyl sites for hydroxylation is 1. The summed E-state index contributed by atoms with van der Waals surface area (Å²) in [7, 11) is -1.98. The molecule has 2 aromatic rings. The summed E-state index contributed by atoms with van der Waals surface area (Å²) in [6.07, 6.45) is 3.06. The second-order valence-electron chi connectivity index (χ2n) is 6.42. The summed E-state index contributed by atoms with van der Waals surface area (Å²) in [6.45, 7) is -0.771. The van der Waals surface area contributed by atoms with Crippen LogP contribution in [0.2, 0.25) is 0 Å². The summed E-state index contributed by atoms with van der Waals surface area (Å²) in [5, 5.41) is 16.1. The molecule has 1 atom stereocenters. The van der Waals surface area contributed by atoms with Crippen LogP contribution in [0.1, 0.15) is 16.2 Å². The summed E-state index contributed by atoms with van der Waals surface area (Å²) >= 11 is 0. The summed E-state index contributed by atoms with van der Waals surface area (Å²) < 4.78 is 25.4. The van der Waals surface area contributed by atoms with Crippen molar-refractivity contribution in [1.82, 2.24) is 25.5 Å². The second-order valence-corrected chi connectivity index (χ2v) is 8.53. The molecule has 1 aliphatic heterocycles. The van der Waals surface area contributed by atoms with Gasteiger partial charge in [-0.15, -0.1) is 0 Å². The largest absolute Gasteiger partial charge is 0.395 e. The summed E-state index contributed by atoms with van der Waals surface area (Å²) in [5.41, 5.74) is -1.41. The average Bonchev–Trinajstić information content (AvgIpc) is 3.22. The number of sulfone groups is 1. The highest BCUT2D eigenvalue weighted by atomic mass is 32.2. The molecule has 1 unspecified atom stereocenters. The van der Waals surface area contributed by atoms with E-state index in [1.807, 2.05) is 0 Å². The van der Waals surface area contributed by atoms with Gasteiger partial charge < -0.3 is 20.3 Å². The normalized spacial score (nSPS) is 19.0. The van der Waals surface area contributed by atoms with Crippen molar-refractivity contribution < 1.29 is 27.9 Å². The maximum atomic E-state index is 12.5. The van der Waals surface area contributed by atoms with E-state index in [0.717, 1.165) is 0 Å². The Kier molecular flexibility index (Phi) is 5.40. The third-order valence-corrected chi connectivity index (χ3v) is 6.20. The molecule has 4 amide bonds. The predicted molar refractivity (Wildman–Crippen MR) is 99.5 cm³/mol. The van der Waals surface area contributed by atoms with Crippen LogP contribution < -0.4 is 16.0 Å². The lowest BCUT2D eigenvalue weighted by Crippen LogP contribution is -2.54. The van der Waals surface area contributed by atoms with Crippen LogP contribution in [0, 0.1) is 0 Å². The highest BCUT2D eigenvalue weighted by Crippen LogP contribution is 2.23. The van der Waals surface area contributed by atoms with Crippen molar-refractivity contribution in [3.05, 3.63) is 48.0 Å². The number of rotatable bonds is 7. The Morgan fingerprint density at radius 2 is 1.97 bits per heavy atom. The zero-order valence-corrected chi connectivity index (χ0v) is 16.2. The Hall–Kier alpha value is -3.25. The van der Waals surface area contributed by atoms with E-state index < -0.39 is 45.6 Å². The number of urea groups is 1. The molecule has 154 valence electrons. The maximum Gasteiger partial charge on any atom is 0.322 e. The van der Waals surface area contributed by atoms with E-state index >= 15 is 0 Å². The first-order valence-electron chi connectivity index (χ1n) is 8.53. The van der Waals surface area contributed by atoms with Gasteiger partial charge in [0.2, 0.25) is 0 Å². The van der Waals surface area contributed by atoms with Crippen molar-refractivity contribution in [3.8, 4) is 0 Å². The standard InChI is InChI=1S/C17H19N5O6S/c1-22-7-6-18-14(22)17(15(25)20-16(26)21-17)10-19-13(24)11-2-4-12(5-3-11)29(27,28)9-8-23/h2-7,23H,8-10H2,1H3,(H,19,24)(H2,20,21,25,26). The molecule has 3 rings (SSSR count). The van der Waals surface area contributed by atoms with Gasteiger partial charge in [0.1, 0.15) is 5.82 Å². The van der Waals surface area contributed by atoms with Gasteiger partial charge in [-0.25, -0.2) is 18.2 Å². The van der Waals surface area contributed by atoms with Gasteiger partial charge in [0, 0.05) is 25.0 Å². The Morgan fingerprint density at radius 1 is 1.28 bits per heavy atom. The lowest BCUT2D eigenvalue weighted by atomic mass is 9.98. The van der Waals surface area contributed by atoms with Crippen LogP contribution in [0.4, 0.5) is 4.79 Å². The van der Waals surface area contributed by atoms with Crippen LogP contribution in [-0.4, -0.2) is 59.8 Å². The molecule has 0 bridgehead atoms. The minimum absolute atomic E-state index is 0.0185. The van der Waals surface area contributed by atoms with Crippen LogP contribution in [0.5, 0.6) is 0 Å². The number of carbonyl (C=O) groups excluding carboxylic acids is 3. The number of aliphatic hydroxyl groups excluding tert-OH is 1. The molecular formula is C17H19N5O6S. The smallest absolute Gasteiger partial charge is 0.322 e. The minimum atomic E-state index is -3.63. The van der Waals surface area contributed by atoms with E-state index in [0.29, 0.717) is 0 Å². The van der Waals surface area contributed by atoms with Gasteiger partial charge in [0.25, 0.3) is 11.8 Å². The van der Waals surface area contributed by atoms with E-state index in [1.165, 1.54) is 30.5 Å². The van der Waals surface area contributed by atoms with Crippen molar-refractivity contribution in [1.29, 1.82) is 0 Å². The zero-order valence-electron chi connectivity index (χ0n) is 15.4. The number of nitrogens with zero attached hydrogens (tertiary/aromatic N) is 2. The van der Waals surface area contributed by atoms with Crippen LogP contribution in [0.3, 0.4) is 0 Å². The number of aliphatic hydroxyl groups is 1. The van der Waals surface area contributed by atoms with Crippen molar-refractivity contribution in [2.75, 3.05) is 18.9 Å². The molecular weight excluding hydrogens is 402 g/mol. The number of nitrogens with one attached hydrogen (secondary N) is 3. The predicted octanol–water partition coefficient (Wildman–Crippen LogP) is -1.35. The molecule has 1 aromatic heterocycles. The van der Waals surface area contributed by atoms with Gasteiger partial charge in [0.15, 0.2) is 15.4 Å². The van der Waals surface area contributed by atoms with E-state index in [4.69, 9.17) is 5.11 Å². The molecule has 1 fully saturated rings. The maximum absolute atomic E-state index is 12.5. The van der Waals surface area contributed by atoms with Crippen molar-refractivity contribution in [2.45, 2.75) is 10.4 Å². The molecule has 4 N–H and O–H groups in total. The molecule has 1 aromatic carbocycles.